The van der Waals surface area contributed by atoms with Crippen LogP contribution in [0.15, 0.2) is 0 Å². The Morgan fingerprint density at radius 1 is 1.64 bits per heavy atom. The van der Waals surface area contributed by atoms with Crippen LogP contribution in [0.1, 0.15) is 6.92 Å². The fourth-order valence-electron chi connectivity index (χ4n) is 0.978. The fraction of sp³-hybridized carbons (Fsp3) is 0.833. The molecular formula is C6H9F2NO2. The highest BCUT2D eigenvalue weighted by molar-refractivity contribution is 5.73. The van der Waals surface area contributed by atoms with E-state index in [1.807, 2.05) is 0 Å². The summed E-state index contributed by atoms with van der Waals surface area (Å²) < 4.78 is 24.4. The number of halogens is 2. The number of likely N-dealkylation sites (tertiary alicyclic amines) is 1. The smallest absolute Gasteiger partial charge is 0.320 e. The summed E-state index contributed by atoms with van der Waals surface area (Å²) in [6.07, 6.45) is 0. The largest absolute Gasteiger partial charge is 0.480 e. The van der Waals surface area contributed by atoms with Gasteiger partial charge in [0, 0.05) is 0 Å². The van der Waals surface area contributed by atoms with Crippen molar-refractivity contribution in [3.63, 3.8) is 0 Å². The number of hydrogen-bond acceptors (Lipinski definition) is 2. The highest BCUT2D eigenvalue weighted by atomic mass is 19.3. The molecule has 1 heterocycles. The molecule has 0 bridgehead atoms. The van der Waals surface area contributed by atoms with Crippen LogP contribution in [0.2, 0.25) is 0 Å². The molecule has 1 rings (SSSR count). The van der Waals surface area contributed by atoms with Gasteiger partial charge in [-0.05, 0) is 6.92 Å². The Balaban J connectivity index is 2.38. The van der Waals surface area contributed by atoms with Crippen molar-refractivity contribution in [2.75, 3.05) is 13.1 Å². The molecule has 1 atom stereocenters. The quantitative estimate of drug-likeness (QED) is 0.644. The first-order valence-electron chi connectivity index (χ1n) is 3.27. The second-order valence-corrected chi connectivity index (χ2v) is 2.78. The predicted molar refractivity (Wildman–Crippen MR) is 33.6 cm³/mol. The molecule has 1 fully saturated rings. The number of carbonyl (C=O) groups is 1. The van der Waals surface area contributed by atoms with Gasteiger partial charge in [-0.2, -0.15) is 0 Å². The van der Waals surface area contributed by atoms with E-state index in [0.717, 1.165) is 0 Å². The first-order valence-corrected chi connectivity index (χ1v) is 3.27. The van der Waals surface area contributed by atoms with E-state index in [2.05, 4.69) is 0 Å². The zero-order valence-corrected chi connectivity index (χ0v) is 6.05. The van der Waals surface area contributed by atoms with Crippen molar-refractivity contribution in [1.29, 1.82) is 0 Å². The summed E-state index contributed by atoms with van der Waals surface area (Å²) in [5.74, 6) is -3.73. The molecule has 0 aromatic heterocycles. The lowest BCUT2D eigenvalue weighted by Crippen LogP contribution is -2.60. The van der Waals surface area contributed by atoms with Gasteiger partial charge in [0.2, 0.25) is 0 Å². The molecule has 1 saturated heterocycles. The number of carboxylic acids is 1. The maximum absolute atomic E-state index is 12.2. The lowest BCUT2D eigenvalue weighted by atomic mass is 10.1. The Bertz CT molecular complexity index is 175. The molecule has 0 unspecified atom stereocenters. The first-order chi connectivity index (χ1) is 4.92. The van der Waals surface area contributed by atoms with E-state index >= 15 is 0 Å². The van der Waals surface area contributed by atoms with E-state index in [0.29, 0.717) is 0 Å². The molecule has 3 nitrogen and oxygen atoms in total. The Kier molecular flexibility index (Phi) is 1.83. The lowest BCUT2D eigenvalue weighted by molar-refractivity contribution is -0.166. The Morgan fingerprint density at radius 2 is 2.09 bits per heavy atom. The molecule has 1 aliphatic heterocycles. The van der Waals surface area contributed by atoms with E-state index in [4.69, 9.17) is 5.11 Å². The van der Waals surface area contributed by atoms with Gasteiger partial charge in [0.25, 0.3) is 5.92 Å². The van der Waals surface area contributed by atoms with Crippen LogP contribution < -0.4 is 0 Å². The van der Waals surface area contributed by atoms with E-state index in [1.165, 1.54) is 11.8 Å². The Morgan fingerprint density at radius 3 is 2.36 bits per heavy atom. The molecule has 1 N–H and O–H groups in total. The number of nitrogens with zero attached hydrogens (tertiary/aromatic N) is 1. The number of rotatable bonds is 2. The van der Waals surface area contributed by atoms with Crippen LogP contribution in [0, 0.1) is 0 Å². The summed E-state index contributed by atoms with van der Waals surface area (Å²) in [6.45, 7) is 0.540. The van der Waals surface area contributed by atoms with Crippen LogP contribution in [0.3, 0.4) is 0 Å². The van der Waals surface area contributed by atoms with Crippen molar-refractivity contribution in [1.82, 2.24) is 4.90 Å². The number of carboxylic acid groups (broad SMARTS) is 1. The molecule has 11 heavy (non-hydrogen) atoms. The van der Waals surface area contributed by atoms with Crippen molar-refractivity contribution < 1.29 is 18.7 Å². The Labute approximate surface area is 62.6 Å². The molecule has 5 heteroatoms. The van der Waals surface area contributed by atoms with Gasteiger partial charge in [0.15, 0.2) is 0 Å². The summed E-state index contributed by atoms with van der Waals surface area (Å²) in [5, 5.41) is 8.40. The van der Waals surface area contributed by atoms with E-state index in [9.17, 15) is 13.6 Å². The normalized spacial score (nSPS) is 25.7. The molecule has 0 radical (unpaired) electrons. The van der Waals surface area contributed by atoms with Crippen molar-refractivity contribution in [3.8, 4) is 0 Å². The van der Waals surface area contributed by atoms with Gasteiger partial charge in [-0.1, -0.05) is 0 Å². The third kappa shape index (κ3) is 1.65. The SMILES string of the molecule is C[C@H](C(=O)O)N1CC(F)(F)C1. The standard InChI is InChI=1S/C6H9F2NO2/c1-4(5(10)11)9-2-6(7,8)3-9/h4H,2-3H2,1H3,(H,10,11)/t4-/m1/s1. The van der Waals surface area contributed by atoms with Crippen molar-refractivity contribution in [3.05, 3.63) is 0 Å². The third-order valence-corrected chi connectivity index (χ3v) is 1.77. The minimum Gasteiger partial charge on any atom is -0.480 e. The third-order valence-electron chi connectivity index (χ3n) is 1.77. The highest BCUT2D eigenvalue weighted by Gasteiger charge is 2.47. The molecule has 0 amide bonds. The number of hydrogen-bond donors (Lipinski definition) is 1. The fourth-order valence-corrected chi connectivity index (χ4v) is 0.978. The van der Waals surface area contributed by atoms with Crippen LogP contribution in [0.5, 0.6) is 0 Å². The average Bonchev–Trinajstić information content (AvgIpc) is 1.80. The van der Waals surface area contributed by atoms with Crippen molar-refractivity contribution in [2.24, 2.45) is 0 Å². The van der Waals surface area contributed by atoms with Crippen LogP contribution in [0.25, 0.3) is 0 Å². The second-order valence-electron chi connectivity index (χ2n) is 2.78. The topological polar surface area (TPSA) is 40.5 Å². The van der Waals surface area contributed by atoms with Gasteiger partial charge in [0.1, 0.15) is 6.04 Å². The predicted octanol–water partition coefficient (Wildman–Crippen LogP) is 0.410. The maximum atomic E-state index is 12.2. The zero-order chi connectivity index (χ0) is 8.65. The first kappa shape index (κ1) is 8.39. The van der Waals surface area contributed by atoms with Crippen LogP contribution >= 0.6 is 0 Å². The summed E-state index contributed by atoms with van der Waals surface area (Å²) in [6, 6.07) is -0.797. The lowest BCUT2D eigenvalue weighted by Gasteiger charge is -2.40. The van der Waals surface area contributed by atoms with Gasteiger partial charge in [0.05, 0.1) is 13.1 Å². The minimum atomic E-state index is -2.68. The van der Waals surface area contributed by atoms with E-state index in [-0.39, 0.29) is 0 Å². The molecule has 0 aromatic carbocycles. The Hall–Kier alpha value is -0.710. The van der Waals surface area contributed by atoms with Crippen LogP contribution in [-0.4, -0.2) is 41.0 Å². The van der Waals surface area contributed by atoms with Gasteiger partial charge < -0.3 is 5.11 Å². The molecule has 0 aromatic rings. The molecule has 1 aliphatic rings. The zero-order valence-electron chi connectivity index (χ0n) is 6.05. The molecule has 0 saturated carbocycles. The van der Waals surface area contributed by atoms with E-state index in [1.54, 1.807) is 0 Å². The second kappa shape index (κ2) is 2.41. The summed E-state index contributed by atoms with van der Waals surface area (Å²) in [7, 11) is 0. The van der Waals surface area contributed by atoms with Crippen molar-refractivity contribution >= 4 is 5.97 Å². The van der Waals surface area contributed by atoms with Crippen molar-refractivity contribution in [2.45, 2.75) is 18.9 Å². The molecule has 0 aliphatic carbocycles. The van der Waals surface area contributed by atoms with Crippen LogP contribution in [-0.2, 0) is 4.79 Å². The van der Waals surface area contributed by atoms with Gasteiger partial charge in [-0.15, -0.1) is 0 Å². The number of alkyl halides is 2. The maximum Gasteiger partial charge on any atom is 0.320 e. The van der Waals surface area contributed by atoms with Gasteiger partial charge in [-0.3, -0.25) is 9.69 Å². The summed E-state index contributed by atoms with van der Waals surface area (Å²) in [4.78, 5) is 11.5. The highest BCUT2D eigenvalue weighted by Crippen LogP contribution is 2.28. The van der Waals surface area contributed by atoms with Gasteiger partial charge in [-0.25, -0.2) is 8.78 Å². The number of aliphatic carboxylic acids is 1. The summed E-state index contributed by atoms with van der Waals surface area (Å²) >= 11 is 0. The van der Waals surface area contributed by atoms with Gasteiger partial charge >= 0.3 is 5.97 Å². The minimum absolute atomic E-state index is 0.430. The molecule has 64 valence electrons. The van der Waals surface area contributed by atoms with E-state index < -0.39 is 31.0 Å². The monoisotopic (exact) mass is 165 g/mol. The molecular weight excluding hydrogens is 156 g/mol. The van der Waals surface area contributed by atoms with Crippen LogP contribution in [0.4, 0.5) is 8.78 Å². The average molecular weight is 165 g/mol. The summed E-state index contributed by atoms with van der Waals surface area (Å²) in [5.41, 5.74) is 0. The molecule has 0 spiro atoms.